The predicted molar refractivity (Wildman–Crippen MR) is 142 cm³/mol. The topological polar surface area (TPSA) is 137 Å². The minimum Gasteiger partial charge on any atom is -0.493 e. The molecule has 13 heteroatoms. The lowest BCUT2D eigenvalue weighted by Gasteiger charge is -2.15. The molecule has 0 amide bonds. The number of aromatic nitrogens is 2. The number of hydrogen-bond acceptors (Lipinski definition) is 10. The van der Waals surface area contributed by atoms with Crippen molar-refractivity contribution in [3.63, 3.8) is 0 Å². The summed E-state index contributed by atoms with van der Waals surface area (Å²) >= 11 is 7.75. The van der Waals surface area contributed by atoms with Crippen LogP contribution in [0, 0.1) is 11.5 Å². The van der Waals surface area contributed by atoms with E-state index in [2.05, 4.69) is 10.2 Å². The van der Waals surface area contributed by atoms with Gasteiger partial charge in [0.25, 0.3) is 10.0 Å². The minimum absolute atomic E-state index is 0.0310. The van der Waals surface area contributed by atoms with E-state index >= 15 is 0 Å². The summed E-state index contributed by atoms with van der Waals surface area (Å²) in [5, 5.41) is 17.3. The second-order valence-electron chi connectivity index (χ2n) is 7.60. The van der Waals surface area contributed by atoms with Crippen molar-refractivity contribution in [1.82, 2.24) is 14.9 Å². The molecule has 1 N–H and O–H groups in total. The number of methoxy groups -OCH3 is 3. The maximum atomic E-state index is 13.0. The van der Waals surface area contributed by atoms with Crippen molar-refractivity contribution < 1.29 is 27.0 Å². The number of nitrogens with zero attached hydrogens (tertiary/aromatic N) is 3. The average Bonchev–Trinajstić information content (AvgIpc) is 3.41. The third-order valence-corrected chi connectivity index (χ3v) is 8.14. The largest absolute Gasteiger partial charge is 0.493 e. The van der Waals surface area contributed by atoms with Crippen molar-refractivity contribution >= 4 is 33.4 Å². The van der Waals surface area contributed by atoms with Crippen molar-refractivity contribution in [2.75, 3.05) is 21.3 Å². The van der Waals surface area contributed by atoms with E-state index < -0.39 is 10.0 Å². The number of rotatable bonds is 10. The van der Waals surface area contributed by atoms with E-state index in [0.29, 0.717) is 33.5 Å². The van der Waals surface area contributed by atoms with Crippen LogP contribution in [0.25, 0.3) is 22.9 Å². The summed E-state index contributed by atoms with van der Waals surface area (Å²) in [5.41, 5.74) is 1.67. The highest BCUT2D eigenvalue weighted by atomic mass is 35.5. The molecule has 38 heavy (non-hydrogen) atoms. The van der Waals surface area contributed by atoms with E-state index in [0.717, 1.165) is 5.56 Å². The highest BCUT2D eigenvalue weighted by Gasteiger charge is 2.24. The van der Waals surface area contributed by atoms with Gasteiger partial charge in [0.1, 0.15) is 4.90 Å². The van der Waals surface area contributed by atoms with Crippen molar-refractivity contribution in [2.24, 2.45) is 0 Å². The first-order chi connectivity index (χ1) is 18.3. The van der Waals surface area contributed by atoms with Crippen LogP contribution >= 0.6 is 23.4 Å². The Balaban J connectivity index is 1.73. The second kappa shape index (κ2) is 11.6. The number of benzene rings is 3. The van der Waals surface area contributed by atoms with Crippen LogP contribution in [0.1, 0.15) is 5.56 Å². The Morgan fingerprint density at radius 1 is 1.00 bits per heavy atom. The fourth-order valence-corrected chi connectivity index (χ4v) is 6.08. The number of nitrogens with one attached hydrogen (secondary N) is 1. The summed E-state index contributed by atoms with van der Waals surface area (Å²) < 4.78 is 49.7. The van der Waals surface area contributed by atoms with Gasteiger partial charge < -0.3 is 18.6 Å². The second-order valence-corrected chi connectivity index (χ2v) is 10.7. The zero-order chi connectivity index (χ0) is 27.3. The lowest BCUT2D eigenvalue weighted by molar-refractivity contribution is 0.324. The molecule has 4 rings (SSSR count). The molecule has 0 bridgehead atoms. The van der Waals surface area contributed by atoms with Gasteiger partial charge in [-0.25, -0.2) is 13.1 Å². The van der Waals surface area contributed by atoms with E-state index in [1.54, 1.807) is 24.3 Å². The molecule has 0 aliphatic rings. The molecule has 0 atom stereocenters. The first-order valence-electron chi connectivity index (χ1n) is 10.9. The van der Waals surface area contributed by atoms with E-state index in [9.17, 15) is 8.42 Å². The minimum atomic E-state index is -4.22. The predicted octanol–water partition coefficient (Wildman–Crippen LogP) is 5.13. The SMILES string of the molecule is COc1cc(CSc2cc(Cl)c(-c3nnc(-c4ccccc4)o3)cc2S(=O)(=O)NC#N)cc(OC)c1OC. The Bertz CT molecular complexity index is 1580. The molecule has 0 aliphatic carbocycles. The van der Waals surface area contributed by atoms with Gasteiger partial charge >= 0.3 is 0 Å². The highest BCUT2D eigenvalue weighted by Crippen LogP contribution is 2.42. The van der Waals surface area contributed by atoms with E-state index in [1.807, 2.05) is 22.9 Å². The third kappa shape index (κ3) is 5.65. The first kappa shape index (κ1) is 27.1. The molecular weight excluding hydrogens is 552 g/mol. The van der Waals surface area contributed by atoms with Gasteiger partial charge in [-0.2, -0.15) is 5.26 Å². The number of halogens is 1. The van der Waals surface area contributed by atoms with Gasteiger partial charge in [-0.15, -0.1) is 22.0 Å². The molecule has 0 aliphatic heterocycles. The smallest absolute Gasteiger partial charge is 0.271 e. The summed E-state index contributed by atoms with van der Waals surface area (Å²) in [6.07, 6.45) is 1.47. The Kier molecular flexibility index (Phi) is 8.31. The Labute approximate surface area is 228 Å². The monoisotopic (exact) mass is 572 g/mol. The van der Waals surface area contributed by atoms with Gasteiger partial charge in [-0.3, -0.25) is 0 Å². The third-order valence-electron chi connectivity index (χ3n) is 5.30. The molecule has 0 saturated carbocycles. The molecule has 0 spiro atoms. The molecule has 4 aromatic rings. The Hall–Kier alpha value is -3.92. The van der Waals surface area contributed by atoms with Gasteiger partial charge in [0.05, 0.1) is 31.9 Å². The lowest BCUT2D eigenvalue weighted by atomic mass is 10.2. The van der Waals surface area contributed by atoms with E-state index in [-0.39, 0.29) is 27.3 Å². The van der Waals surface area contributed by atoms with Crippen LogP contribution in [0.3, 0.4) is 0 Å². The molecule has 0 unspecified atom stereocenters. The summed E-state index contributed by atoms with van der Waals surface area (Å²) in [6, 6.07) is 15.4. The van der Waals surface area contributed by atoms with Crippen molar-refractivity contribution in [1.29, 1.82) is 5.26 Å². The number of sulfonamides is 1. The average molecular weight is 573 g/mol. The number of hydrogen-bond donors (Lipinski definition) is 1. The molecule has 10 nitrogen and oxygen atoms in total. The van der Waals surface area contributed by atoms with Crippen LogP contribution in [0.2, 0.25) is 5.02 Å². The van der Waals surface area contributed by atoms with Crippen LogP contribution in [0.5, 0.6) is 17.2 Å². The number of ether oxygens (including phenoxy) is 3. The zero-order valence-corrected chi connectivity index (χ0v) is 22.8. The summed E-state index contributed by atoms with van der Waals surface area (Å²) in [4.78, 5) is 0.133. The molecule has 0 radical (unpaired) electrons. The lowest BCUT2D eigenvalue weighted by Crippen LogP contribution is -2.19. The van der Waals surface area contributed by atoms with Crippen LogP contribution < -0.4 is 18.9 Å². The fraction of sp³-hybridized carbons (Fsp3) is 0.160. The molecular formula is C25H21ClN4O6S2. The molecule has 0 saturated heterocycles. The zero-order valence-electron chi connectivity index (χ0n) is 20.4. The summed E-state index contributed by atoms with van der Waals surface area (Å²) in [7, 11) is 0.291. The van der Waals surface area contributed by atoms with Crippen molar-refractivity contribution in [3.8, 4) is 46.4 Å². The standard InChI is InChI=1S/C25H21ClN4O6S2/c1-33-19-9-15(10-20(34-2)23(19)35-3)13-37-21-12-18(26)17(11-22(21)38(31,32)28-14-27)25-30-29-24(36-25)16-7-5-4-6-8-16/h4-12,28H,13H2,1-3H3. The van der Waals surface area contributed by atoms with Crippen molar-refractivity contribution in [3.05, 3.63) is 65.2 Å². The van der Waals surface area contributed by atoms with Crippen molar-refractivity contribution in [2.45, 2.75) is 15.5 Å². The quantitative estimate of drug-likeness (QED) is 0.154. The number of thioether (sulfide) groups is 1. The van der Waals surface area contributed by atoms with Gasteiger partial charge in [-0.1, -0.05) is 29.8 Å². The van der Waals surface area contributed by atoms with Gasteiger partial charge in [0, 0.05) is 16.2 Å². The van der Waals surface area contributed by atoms with Gasteiger partial charge in [-0.05, 0) is 42.0 Å². The first-order valence-corrected chi connectivity index (χ1v) is 13.7. The summed E-state index contributed by atoms with van der Waals surface area (Å²) in [6.45, 7) is 0. The number of nitriles is 1. The Morgan fingerprint density at radius 3 is 2.26 bits per heavy atom. The van der Waals surface area contributed by atoms with E-state index in [1.165, 1.54) is 51.4 Å². The molecule has 3 aromatic carbocycles. The Morgan fingerprint density at radius 2 is 1.66 bits per heavy atom. The van der Waals surface area contributed by atoms with Gasteiger partial charge in [0.15, 0.2) is 17.7 Å². The van der Waals surface area contributed by atoms with Crippen LogP contribution in [0.15, 0.2) is 68.8 Å². The maximum Gasteiger partial charge on any atom is 0.271 e. The molecule has 1 aromatic heterocycles. The fourth-order valence-electron chi connectivity index (χ4n) is 3.55. The normalized spacial score (nSPS) is 11.0. The maximum absolute atomic E-state index is 13.0. The van der Waals surface area contributed by atoms with Gasteiger partial charge in [0.2, 0.25) is 17.5 Å². The van der Waals surface area contributed by atoms with Crippen LogP contribution in [-0.4, -0.2) is 39.9 Å². The highest BCUT2D eigenvalue weighted by molar-refractivity contribution is 7.99. The van der Waals surface area contributed by atoms with E-state index in [4.69, 9.17) is 35.5 Å². The molecule has 0 fully saturated rings. The summed E-state index contributed by atoms with van der Waals surface area (Å²) in [5.74, 6) is 1.95. The van der Waals surface area contributed by atoms with Crippen LogP contribution in [0.4, 0.5) is 0 Å². The van der Waals surface area contributed by atoms with Crippen LogP contribution in [-0.2, 0) is 15.8 Å². The molecule has 1 heterocycles. The molecule has 196 valence electrons.